The van der Waals surface area contributed by atoms with Gasteiger partial charge in [0.25, 0.3) is 0 Å². The molecule has 2 aromatic carbocycles. The van der Waals surface area contributed by atoms with Crippen LogP contribution in [0.5, 0.6) is 0 Å². The van der Waals surface area contributed by atoms with Gasteiger partial charge in [-0.1, -0.05) is 32.4 Å². The first kappa shape index (κ1) is 18.8. The zero-order chi connectivity index (χ0) is 17.2. The number of nitrogens with one attached hydrogen (secondary N) is 2. The van der Waals surface area contributed by atoms with E-state index in [2.05, 4.69) is 73.0 Å². The Bertz CT molecular complexity index is 566. The highest BCUT2D eigenvalue weighted by molar-refractivity contribution is 7.99. The van der Waals surface area contributed by atoms with Gasteiger partial charge in [-0.05, 0) is 79.2 Å². The molecule has 128 valence electrons. The number of anilines is 2. The second-order valence-electron chi connectivity index (χ2n) is 5.75. The normalized spacial score (nSPS) is 10.4. The number of aryl methyl sites for hydroxylation is 1. The van der Waals surface area contributed by atoms with Crippen molar-refractivity contribution in [2.24, 2.45) is 0 Å². The molecular formula is C20H26N2S2. The number of benzene rings is 2. The highest BCUT2D eigenvalue weighted by atomic mass is 32.2. The van der Waals surface area contributed by atoms with Crippen molar-refractivity contribution in [3.8, 4) is 0 Å². The lowest BCUT2D eigenvalue weighted by atomic mass is 10.1. The van der Waals surface area contributed by atoms with Crippen LogP contribution in [0.25, 0.3) is 0 Å². The van der Waals surface area contributed by atoms with E-state index in [1.54, 1.807) is 0 Å². The highest BCUT2D eigenvalue weighted by Crippen LogP contribution is 2.21. The number of thioether (sulfide) groups is 1. The minimum absolute atomic E-state index is 0.616. The minimum Gasteiger partial charge on any atom is -0.332 e. The van der Waals surface area contributed by atoms with Gasteiger partial charge in [0.15, 0.2) is 5.11 Å². The van der Waals surface area contributed by atoms with Crippen molar-refractivity contribution in [2.75, 3.05) is 16.4 Å². The highest BCUT2D eigenvalue weighted by Gasteiger charge is 2.00. The number of hydrogen-bond donors (Lipinski definition) is 2. The van der Waals surface area contributed by atoms with Gasteiger partial charge in [0, 0.05) is 16.3 Å². The molecule has 2 aromatic rings. The lowest BCUT2D eigenvalue weighted by molar-refractivity contribution is 0.795. The molecule has 2 rings (SSSR count). The molecule has 0 aliphatic heterocycles. The Morgan fingerprint density at radius 3 is 2.00 bits per heavy atom. The number of rotatable bonds is 8. The summed E-state index contributed by atoms with van der Waals surface area (Å²) in [5.41, 5.74) is 3.40. The van der Waals surface area contributed by atoms with Crippen molar-refractivity contribution in [3.63, 3.8) is 0 Å². The summed E-state index contributed by atoms with van der Waals surface area (Å²) in [6, 6.07) is 16.9. The van der Waals surface area contributed by atoms with Gasteiger partial charge in [-0.15, -0.1) is 11.8 Å². The van der Waals surface area contributed by atoms with Gasteiger partial charge < -0.3 is 10.6 Å². The van der Waals surface area contributed by atoms with Gasteiger partial charge in [-0.25, -0.2) is 0 Å². The molecule has 0 saturated carbocycles. The van der Waals surface area contributed by atoms with E-state index in [9.17, 15) is 0 Å². The average molecular weight is 359 g/mol. The summed E-state index contributed by atoms with van der Waals surface area (Å²) in [4.78, 5) is 1.30. The van der Waals surface area contributed by atoms with Crippen LogP contribution in [0, 0.1) is 0 Å². The smallest absolute Gasteiger partial charge is 0.175 e. The Kier molecular flexibility index (Phi) is 8.13. The third-order valence-electron chi connectivity index (χ3n) is 3.62. The Labute approximate surface area is 155 Å². The van der Waals surface area contributed by atoms with Gasteiger partial charge in [-0.2, -0.15) is 0 Å². The first-order valence-corrected chi connectivity index (χ1v) is 10.0. The van der Waals surface area contributed by atoms with Gasteiger partial charge >= 0.3 is 0 Å². The van der Waals surface area contributed by atoms with E-state index in [0.29, 0.717) is 5.11 Å². The molecule has 0 saturated heterocycles. The predicted octanol–water partition coefficient (Wildman–Crippen LogP) is 6.34. The molecule has 4 heteroatoms. The number of thiocarbonyl (C=S) groups is 1. The van der Waals surface area contributed by atoms with Crippen LogP contribution in [0.1, 0.15) is 38.7 Å². The molecule has 0 amide bonds. The van der Waals surface area contributed by atoms with Gasteiger partial charge in [0.1, 0.15) is 0 Å². The maximum atomic E-state index is 5.40. The summed E-state index contributed by atoms with van der Waals surface area (Å²) >= 11 is 7.28. The van der Waals surface area contributed by atoms with Crippen molar-refractivity contribution in [1.82, 2.24) is 0 Å². The van der Waals surface area contributed by atoms with Crippen LogP contribution in [0.2, 0.25) is 0 Å². The van der Waals surface area contributed by atoms with Crippen LogP contribution in [0.4, 0.5) is 11.4 Å². The van der Waals surface area contributed by atoms with Gasteiger partial charge in [-0.3, -0.25) is 0 Å². The minimum atomic E-state index is 0.616. The van der Waals surface area contributed by atoms with Crippen molar-refractivity contribution in [2.45, 2.75) is 44.4 Å². The SMILES string of the molecule is CCCCc1ccc(NC(=S)Nc2ccc(SCCC)cc2)cc1. The molecule has 0 spiro atoms. The van der Waals surface area contributed by atoms with Crippen LogP contribution in [-0.4, -0.2) is 10.9 Å². The van der Waals surface area contributed by atoms with Gasteiger partial charge in [0.2, 0.25) is 0 Å². The fraction of sp³-hybridized carbons (Fsp3) is 0.350. The quantitative estimate of drug-likeness (QED) is 0.425. The van der Waals surface area contributed by atoms with E-state index < -0.39 is 0 Å². The van der Waals surface area contributed by atoms with E-state index in [-0.39, 0.29) is 0 Å². The Hall–Kier alpha value is -1.52. The van der Waals surface area contributed by atoms with E-state index in [1.807, 2.05) is 11.8 Å². The third kappa shape index (κ3) is 6.54. The molecule has 2 N–H and O–H groups in total. The van der Waals surface area contributed by atoms with E-state index in [1.165, 1.54) is 29.7 Å². The first-order chi connectivity index (χ1) is 11.7. The summed E-state index contributed by atoms with van der Waals surface area (Å²) in [7, 11) is 0. The van der Waals surface area contributed by atoms with Crippen molar-refractivity contribution in [1.29, 1.82) is 0 Å². The summed E-state index contributed by atoms with van der Waals surface area (Å²) in [6.45, 7) is 4.42. The van der Waals surface area contributed by atoms with Crippen LogP contribution in [0.15, 0.2) is 53.4 Å². The average Bonchev–Trinajstić information content (AvgIpc) is 2.60. The Morgan fingerprint density at radius 1 is 0.875 bits per heavy atom. The fourth-order valence-corrected chi connectivity index (χ4v) is 3.29. The number of unbranched alkanes of at least 4 members (excludes halogenated alkanes) is 1. The fourth-order valence-electron chi connectivity index (χ4n) is 2.28. The molecule has 0 fully saturated rings. The predicted molar refractivity (Wildman–Crippen MR) is 112 cm³/mol. The van der Waals surface area contributed by atoms with E-state index in [4.69, 9.17) is 12.2 Å². The molecular weight excluding hydrogens is 332 g/mol. The maximum Gasteiger partial charge on any atom is 0.175 e. The van der Waals surface area contributed by atoms with Crippen LogP contribution < -0.4 is 10.6 Å². The molecule has 0 aromatic heterocycles. The molecule has 0 atom stereocenters. The van der Waals surface area contributed by atoms with Crippen LogP contribution >= 0.6 is 24.0 Å². The largest absolute Gasteiger partial charge is 0.332 e. The molecule has 0 heterocycles. The third-order valence-corrected chi connectivity index (χ3v) is 5.04. The molecule has 2 nitrogen and oxygen atoms in total. The second kappa shape index (κ2) is 10.4. The lowest BCUT2D eigenvalue weighted by Crippen LogP contribution is -2.18. The van der Waals surface area contributed by atoms with Gasteiger partial charge in [0.05, 0.1) is 0 Å². The summed E-state index contributed by atoms with van der Waals surface area (Å²) in [6.07, 6.45) is 4.79. The van der Waals surface area contributed by atoms with Crippen molar-refractivity contribution < 1.29 is 0 Å². The first-order valence-electron chi connectivity index (χ1n) is 8.61. The molecule has 0 radical (unpaired) electrons. The summed E-state index contributed by atoms with van der Waals surface area (Å²) in [5, 5.41) is 7.09. The number of hydrogen-bond acceptors (Lipinski definition) is 2. The summed E-state index contributed by atoms with van der Waals surface area (Å²) in [5.74, 6) is 1.15. The second-order valence-corrected chi connectivity index (χ2v) is 7.33. The molecule has 0 aliphatic carbocycles. The van der Waals surface area contributed by atoms with Crippen molar-refractivity contribution in [3.05, 3.63) is 54.1 Å². The van der Waals surface area contributed by atoms with Crippen molar-refractivity contribution >= 4 is 40.5 Å². The molecule has 0 aliphatic rings. The standard InChI is InChI=1S/C20H26N2S2/c1-3-5-6-16-7-9-17(10-8-16)21-20(23)22-18-11-13-19(14-12-18)24-15-4-2/h7-14H,3-6,15H2,1-2H3,(H2,21,22,23). The zero-order valence-corrected chi connectivity index (χ0v) is 16.1. The monoisotopic (exact) mass is 358 g/mol. The molecule has 24 heavy (non-hydrogen) atoms. The molecule has 0 unspecified atom stereocenters. The van der Waals surface area contributed by atoms with E-state index in [0.717, 1.165) is 23.5 Å². The molecule has 0 bridgehead atoms. The summed E-state index contributed by atoms with van der Waals surface area (Å²) < 4.78 is 0. The maximum absolute atomic E-state index is 5.40. The van der Waals surface area contributed by atoms with E-state index >= 15 is 0 Å². The topological polar surface area (TPSA) is 24.1 Å². The zero-order valence-electron chi connectivity index (χ0n) is 14.5. The van der Waals surface area contributed by atoms with Crippen LogP contribution in [-0.2, 0) is 6.42 Å². The Balaban J connectivity index is 1.84. The Morgan fingerprint density at radius 2 is 1.46 bits per heavy atom. The van der Waals surface area contributed by atoms with Crippen LogP contribution in [0.3, 0.4) is 0 Å². The lowest BCUT2D eigenvalue weighted by Gasteiger charge is -2.11.